The van der Waals surface area contributed by atoms with E-state index >= 15 is 0 Å². The van der Waals surface area contributed by atoms with Gasteiger partial charge in [0.05, 0.1) is 6.61 Å². The molecule has 1 N–H and O–H groups in total. The Morgan fingerprint density at radius 3 is 2.70 bits per heavy atom. The second-order valence-electron chi connectivity index (χ2n) is 5.77. The van der Waals surface area contributed by atoms with E-state index in [4.69, 9.17) is 4.74 Å². The molecule has 114 valence electrons. The minimum Gasteiger partial charge on any atom is -0.383 e. The van der Waals surface area contributed by atoms with Crippen molar-refractivity contribution in [2.24, 2.45) is 5.92 Å². The number of ether oxygens (including phenoxy) is 1. The first-order chi connectivity index (χ1) is 9.63. The number of benzene rings is 1. The van der Waals surface area contributed by atoms with Crippen molar-refractivity contribution in [1.29, 1.82) is 0 Å². The zero-order valence-electron chi connectivity index (χ0n) is 13.0. The second-order valence-corrected chi connectivity index (χ2v) is 5.77. The Hall–Kier alpha value is -0.930. The van der Waals surface area contributed by atoms with Gasteiger partial charge in [-0.2, -0.15) is 0 Å². The molecule has 1 atom stereocenters. The molecule has 0 aliphatic rings. The fourth-order valence-corrected chi connectivity index (χ4v) is 2.37. The Bertz CT molecular complexity index is 368. The molecule has 0 amide bonds. The van der Waals surface area contributed by atoms with Gasteiger partial charge >= 0.3 is 0 Å². The SMILES string of the molecule is COCCNCC(CCCC(C)C)c1cccc(F)c1. The lowest BCUT2D eigenvalue weighted by Gasteiger charge is -2.19. The number of nitrogens with one attached hydrogen (secondary N) is 1. The quantitative estimate of drug-likeness (QED) is 0.655. The van der Waals surface area contributed by atoms with Crippen LogP contribution in [0.2, 0.25) is 0 Å². The van der Waals surface area contributed by atoms with Gasteiger partial charge in [0.25, 0.3) is 0 Å². The third-order valence-electron chi connectivity index (χ3n) is 3.53. The molecule has 1 unspecified atom stereocenters. The van der Waals surface area contributed by atoms with Gasteiger partial charge in [0.1, 0.15) is 5.82 Å². The van der Waals surface area contributed by atoms with Gasteiger partial charge in [-0.1, -0.05) is 38.8 Å². The first-order valence-corrected chi connectivity index (χ1v) is 7.58. The highest BCUT2D eigenvalue weighted by Gasteiger charge is 2.12. The molecular formula is C17H28FNO. The molecule has 0 fully saturated rings. The van der Waals surface area contributed by atoms with Gasteiger partial charge < -0.3 is 10.1 Å². The molecule has 20 heavy (non-hydrogen) atoms. The van der Waals surface area contributed by atoms with Crippen LogP contribution >= 0.6 is 0 Å². The van der Waals surface area contributed by atoms with Crippen LogP contribution in [0.15, 0.2) is 24.3 Å². The second kappa shape index (κ2) is 9.89. The zero-order chi connectivity index (χ0) is 14.8. The summed E-state index contributed by atoms with van der Waals surface area (Å²) in [7, 11) is 1.70. The van der Waals surface area contributed by atoms with Gasteiger partial charge in [0.2, 0.25) is 0 Å². The van der Waals surface area contributed by atoms with Crippen molar-refractivity contribution >= 4 is 0 Å². The maximum Gasteiger partial charge on any atom is 0.123 e. The topological polar surface area (TPSA) is 21.3 Å². The molecule has 0 spiro atoms. The maximum atomic E-state index is 13.4. The third kappa shape index (κ3) is 7.01. The lowest BCUT2D eigenvalue weighted by Crippen LogP contribution is -2.25. The summed E-state index contributed by atoms with van der Waals surface area (Å²) < 4.78 is 18.4. The number of hydrogen-bond acceptors (Lipinski definition) is 2. The molecule has 0 saturated carbocycles. The molecule has 0 radical (unpaired) electrons. The monoisotopic (exact) mass is 281 g/mol. The van der Waals surface area contributed by atoms with E-state index in [0.29, 0.717) is 12.5 Å². The van der Waals surface area contributed by atoms with Gasteiger partial charge in [0, 0.05) is 20.2 Å². The summed E-state index contributed by atoms with van der Waals surface area (Å²) >= 11 is 0. The van der Waals surface area contributed by atoms with Gasteiger partial charge in [0.15, 0.2) is 0 Å². The number of rotatable bonds is 10. The molecule has 0 saturated heterocycles. The van der Waals surface area contributed by atoms with Crippen LogP contribution in [0.3, 0.4) is 0 Å². The Balaban J connectivity index is 2.53. The summed E-state index contributed by atoms with van der Waals surface area (Å²) in [5, 5.41) is 3.40. The van der Waals surface area contributed by atoms with Gasteiger partial charge in [-0.05, 0) is 36.0 Å². The van der Waals surface area contributed by atoms with Crippen molar-refractivity contribution in [1.82, 2.24) is 5.32 Å². The van der Waals surface area contributed by atoms with E-state index in [0.717, 1.165) is 31.0 Å². The predicted molar refractivity (Wildman–Crippen MR) is 82.6 cm³/mol. The Kier molecular flexibility index (Phi) is 8.47. The van der Waals surface area contributed by atoms with Gasteiger partial charge in [-0.15, -0.1) is 0 Å². The number of halogens is 1. The van der Waals surface area contributed by atoms with Crippen LogP contribution in [0.5, 0.6) is 0 Å². The minimum atomic E-state index is -0.145. The van der Waals surface area contributed by atoms with Crippen LogP contribution in [0.25, 0.3) is 0 Å². The lowest BCUT2D eigenvalue weighted by atomic mass is 9.92. The van der Waals surface area contributed by atoms with Crippen molar-refractivity contribution in [3.8, 4) is 0 Å². The van der Waals surface area contributed by atoms with E-state index in [1.807, 2.05) is 6.07 Å². The fraction of sp³-hybridized carbons (Fsp3) is 0.647. The zero-order valence-corrected chi connectivity index (χ0v) is 13.0. The molecule has 2 nitrogen and oxygen atoms in total. The number of methoxy groups -OCH3 is 1. The van der Waals surface area contributed by atoms with E-state index in [2.05, 4.69) is 19.2 Å². The van der Waals surface area contributed by atoms with Crippen LogP contribution in [0.4, 0.5) is 4.39 Å². The standard InChI is InChI=1S/C17H28FNO/c1-14(2)6-4-8-16(13-19-10-11-20-3)15-7-5-9-17(18)12-15/h5,7,9,12,14,16,19H,4,6,8,10-11,13H2,1-3H3. The average molecular weight is 281 g/mol. The summed E-state index contributed by atoms with van der Waals surface area (Å²) in [6.45, 7) is 6.92. The van der Waals surface area contributed by atoms with E-state index in [1.165, 1.54) is 18.9 Å². The Morgan fingerprint density at radius 1 is 1.25 bits per heavy atom. The highest BCUT2D eigenvalue weighted by Crippen LogP contribution is 2.23. The fourth-order valence-electron chi connectivity index (χ4n) is 2.37. The van der Waals surface area contributed by atoms with E-state index in [1.54, 1.807) is 19.2 Å². The summed E-state index contributed by atoms with van der Waals surface area (Å²) in [6, 6.07) is 7.00. The summed E-state index contributed by atoms with van der Waals surface area (Å²) in [5.74, 6) is 0.958. The van der Waals surface area contributed by atoms with Gasteiger partial charge in [-0.25, -0.2) is 4.39 Å². The lowest BCUT2D eigenvalue weighted by molar-refractivity contribution is 0.198. The van der Waals surface area contributed by atoms with Crippen LogP contribution in [-0.4, -0.2) is 26.8 Å². The van der Waals surface area contributed by atoms with Gasteiger partial charge in [-0.3, -0.25) is 0 Å². The first-order valence-electron chi connectivity index (χ1n) is 7.58. The summed E-state index contributed by atoms with van der Waals surface area (Å²) in [5.41, 5.74) is 1.10. The molecule has 0 bridgehead atoms. The largest absolute Gasteiger partial charge is 0.383 e. The van der Waals surface area contributed by atoms with Crippen LogP contribution in [0, 0.1) is 11.7 Å². The Labute approximate surface area is 122 Å². The predicted octanol–water partition coefficient (Wildman–Crippen LogP) is 3.97. The minimum absolute atomic E-state index is 0.145. The maximum absolute atomic E-state index is 13.4. The number of hydrogen-bond donors (Lipinski definition) is 1. The average Bonchev–Trinajstić information content (AvgIpc) is 2.41. The molecule has 0 aliphatic carbocycles. The van der Waals surface area contributed by atoms with Crippen LogP contribution in [0.1, 0.15) is 44.6 Å². The Morgan fingerprint density at radius 2 is 2.05 bits per heavy atom. The molecule has 1 aromatic carbocycles. The smallest absolute Gasteiger partial charge is 0.123 e. The normalized spacial score (nSPS) is 12.8. The van der Waals surface area contributed by atoms with Crippen LogP contribution < -0.4 is 5.32 Å². The molecule has 0 heterocycles. The van der Waals surface area contributed by atoms with Crippen molar-refractivity contribution in [3.05, 3.63) is 35.6 Å². The van der Waals surface area contributed by atoms with Crippen molar-refractivity contribution < 1.29 is 9.13 Å². The molecule has 0 aromatic heterocycles. The van der Waals surface area contributed by atoms with Crippen molar-refractivity contribution in [2.45, 2.75) is 39.0 Å². The van der Waals surface area contributed by atoms with Crippen molar-refractivity contribution in [2.75, 3.05) is 26.8 Å². The first kappa shape index (κ1) is 17.1. The summed E-state index contributed by atoms with van der Waals surface area (Å²) in [6.07, 6.45) is 3.51. The highest BCUT2D eigenvalue weighted by molar-refractivity contribution is 5.21. The molecule has 0 aliphatic heterocycles. The van der Waals surface area contributed by atoms with Crippen LogP contribution in [-0.2, 0) is 4.74 Å². The molecule has 1 rings (SSSR count). The molecule has 1 aromatic rings. The molecule has 3 heteroatoms. The van der Waals surface area contributed by atoms with Crippen molar-refractivity contribution in [3.63, 3.8) is 0 Å². The van der Waals surface area contributed by atoms with E-state index in [-0.39, 0.29) is 5.82 Å². The van der Waals surface area contributed by atoms with E-state index < -0.39 is 0 Å². The highest BCUT2D eigenvalue weighted by atomic mass is 19.1. The third-order valence-corrected chi connectivity index (χ3v) is 3.53. The molecular weight excluding hydrogens is 253 g/mol. The summed E-state index contributed by atoms with van der Waals surface area (Å²) in [4.78, 5) is 0. The van der Waals surface area contributed by atoms with E-state index in [9.17, 15) is 4.39 Å².